The summed E-state index contributed by atoms with van der Waals surface area (Å²) < 4.78 is 5.46. The highest BCUT2D eigenvalue weighted by atomic mass is 16.5. The number of unbranched alkanes of at least 4 members (excludes halogenated alkanes) is 39. The third-order valence-electron chi connectivity index (χ3n) is 13.8. The molecule has 0 rings (SSSR count). The van der Waals surface area contributed by atoms with E-state index in [0.29, 0.717) is 19.4 Å². The maximum atomic E-state index is 12.5. The molecule has 0 saturated heterocycles. The van der Waals surface area contributed by atoms with Gasteiger partial charge in [-0.25, -0.2) is 0 Å². The van der Waals surface area contributed by atoms with Gasteiger partial charge in [0.15, 0.2) is 0 Å². The summed E-state index contributed by atoms with van der Waals surface area (Å²) in [6.45, 7) is 4.84. The molecule has 0 spiro atoms. The highest BCUT2D eigenvalue weighted by Gasteiger charge is 2.18. The molecule has 0 radical (unpaired) electrons. The number of aliphatic hydroxyl groups excluding tert-OH is 2. The lowest BCUT2D eigenvalue weighted by atomic mass is 10.0. The quantitative estimate of drug-likeness (QED) is 0.0321. The van der Waals surface area contributed by atoms with Crippen molar-refractivity contribution >= 4 is 11.9 Å². The molecule has 6 nitrogen and oxygen atoms in total. The first kappa shape index (κ1) is 66.8. The van der Waals surface area contributed by atoms with E-state index in [4.69, 9.17) is 4.74 Å². The highest BCUT2D eigenvalue weighted by Crippen LogP contribution is 2.17. The Labute approximate surface area is 429 Å². The van der Waals surface area contributed by atoms with Crippen LogP contribution in [0.5, 0.6) is 0 Å². The van der Waals surface area contributed by atoms with Gasteiger partial charge in [-0.1, -0.05) is 262 Å². The van der Waals surface area contributed by atoms with Gasteiger partial charge >= 0.3 is 5.97 Å². The molecule has 6 heteroatoms. The minimum Gasteiger partial charge on any atom is -0.466 e. The van der Waals surface area contributed by atoms with Gasteiger partial charge in [-0.15, -0.1) is 0 Å². The van der Waals surface area contributed by atoms with Crippen LogP contribution in [0.2, 0.25) is 0 Å². The lowest BCUT2D eigenvalue weighted by Crippen LogP contribution is -2.45. The van der Waals surface area contributed by atoms with Gasteiger partial charge in [0.2, 0.25) is 5.91 Å². The fraction of sp³-hybridized carbons (Fsp3) is 0.841. The Hall–Kier alpha value is -2.18. The molecule has 0 aromatic rings. The lowest BCUT2D eigenvalue weighted by molar-refractivity contribution is -0.143. The van der Waals surface area contributed by atoms with Crippen molar-refractivity contribution in [3.05, 3.63) is 48.6 Å². The Morgan fingerprint density at radius 1 is 0.406 bits per heavy atom. The van der Waals surface area contributed by atoms with E-state index in [0.717, 1.165) is 83.5 Å². The molecule has 0 aliphatic carbocycles. The minimum absolute atomic E-state index is 0.0280. The van der Waals surface area contributed by atoms with E-state index in [1.807, 2.05) is 6.08 Å². The number of amides is 1. The van der Waals surface area contributed by atoms with Crippen LogP contribution in [-0.4, -0.2) is 47.4 Å². The first-order valence-corrected chi connectivity index (χ1v) is 30.4. The first-order valence-electron chi connectivity index (χ1n) is 30.4. The molecular weight excluding hydrogens is 851 g/mol. The van der Waals surface area contributed by atoms with Crippen molar-refractivity contribution in [3.8, 4) is 0 Å². The third kappa shape index (κ3) is 55.0. The number of ether oxygens (including phenoxy) is 1. The summed E-state index contributed by atoms with van der Waals surface area (Å²) in [7, 11) is 0. The molecule has 0 aliphatic heterocycles. The zero-order valence-electron chi connectivity index (χ0n) is 46.0. The van der Waals surface area contributed by atoms with Crippen molar-refractivity contribution in [2.45, 2.75) is 328 Å². The third-order valence-corrected chi connectivity index (χ3v) is 13.8. The van der Waals surface area contributed by atoms with Crippen LogP contribution in [0.4, 0.5) is 0 Å². The summed E-state index contributed by atoms with van der Waals surface area (Å²) in [5.74, 6) is -0.125. The predicted molar refractivity (Wildman–Crippen MR) is 301 cm³/mol. The molecule has 0 heterocycles. The van der Waals surface area contributed by atoms with E-state index < -0.39 is 12.1 Å². The second-order valence-electron chi connectivity index (χ2n) is 20.7. The first-order chi connectivity index (χ1) is 34.0. The zero-order valence-corrected chi connectivity index (χ0v) is 46.0. The zero-order chi connectivity index (χ0) is 50.0. The van der Waals surface area contributed by atoms with Gasteiger partial charge in [0, 0.05) is 12.8 Å². The Morgan fingerprint density at radius 3 is 1.16 bits per heavy atom. The number of aliphatic hydroxyl groups is 2. The van der Waals surface area contributed by atoms with Crippen molar-refractivity contribution in [2.75, 3.05) is 13.2 Å². The monoisotopic (exact) mass is 968 g/mol. The maximum Gasteiger partial charge on any atom is 0.305 e. The van der Waals surface area contributed by atoms with Crippen molar-refractivity contribution in [1.29, 1.82) is 0 Å². The Kier molecular flexibility index (Phi) is 56.5. The fourth-order valence-electron chi connectivity index (χ4n) is 9.13. The molecule has 0 aromatic carbocycles. The number of rotatable bonds is 56. The minimum atomic E-state index is -0.865. The number of hydrogen-bond acceptors (Lipinski definition) is 5. The molecule has 69 heavy (non-hydrogen) atoms. The topological polar surface area (TPSA) is 95.9 Å². The summed E-state index contributed by atoms with van der Waals surface area (Å²) in [6.07, 6.45) is 74.3. The molecule has 2 unspecified atom stereocenters. The predicted octanol–water partition coefficient (Wildman–Crippen LogP) is 19.0. The highest BCUT2D eigenvalue weighted by molar-refractivity contribution is 5.76. The molecule has 0 bridgehead atoms. The van der Waals surface area contributed by atoms with E-state index in [-0.39, 0.29) is 18.5 Å². The lowest BCUT2D eigenvalue weighted by Gasteiger charge is -2.19. The van der Waals surface area contributed by atoms with Gasteiger partial charge in [0.05, 0.1) is 25.4 Å². The van der Waals surface area contributed by atoms with Crippen LogP contribution in [0.1, 0.15) is 316 Å². The molecule has 2 atom stereocenters. The standard InChI is InChI=1S/C63H117NO5/c1-3-5-7-9-11-13-15-17-19-20-21-22-23-24-25-26-27-29-31-35-39-43-47-51-55-61(66)60(59-65)64-62(67)56-52-48-44-40-36-32-30-34-38-42-46-50-54-58-69-63(68)57-53-49-45-41-37-33-28-18-16-14-12-10-8-6-4-2/h12,14,18,28,32,36,51,55,60-61,65-66H,3-11,13,15-17,19-27,29-31,33-35,37-50,52-54,56-59H2,1-2H3,(H,64,67)/b14-12-,28-18-,36-32-,55-51+. The van der Waals surface area contributed by atoms with Crippen LogP contribution in [0.25, 0.3) is 0 Å². The Balaban J connectivity index is 3.53. The number of carbonyl (C=O) groups is 2. The van der Waals surface area contributed by atoms with Gasteiger partial charge in [0.25, 0.3) is 0 Å². The van der Waals surface area contributed by atoms with Gasteiger partial charge in [-0.2, -0.15) is 0 Å². The fourth-order valence-corrected chi connectivity index (χ4v) is 9.13. The molecule has 0 aromatic heterocycles. The van der Waals surface area contributed by atoms with Gasteiger partial charge < -0.3 is 20.3 Å². The van der Waals surface area contributed by atoms with E-state index in [1.54, 1.807) is 6.08 Å². The largest absolute Gasteiger partial charge is 0.466 e. The summed E-state index contributed by atoms with van der Waals surface area (Å²) in [6, 6.07) is -0.651. The van der Waals surface area contributed by atoms with E-state index >= 15 is 0 Å². The van der Waals surface area contributed by atoms with Gasteiger partial charge in [-0.05, 0) is 89.9 Å². The molecule has 404 valence electrons. The second kappa shape index (κ2) is 58.4. The number of hydrogen-bond donors (Lipinski definition) is 3. The average Bonchev–Trinajstić information content (AvgIpc) is 3.35. The van der Waals surface area contributed by atoms with Crippen LogP contribution in [0.15, 0.2) is 48.6 Å². The summed E-state index contributed by atoms with van der Waals surface area (Å²) >= 11 is 0. The van der Waals surface area contributed by atoms with Crippen molar-refractivity contribution in [1.82, 2.24) is 5.32 Å². The van der Waals surface area contributed by atoms with E-state index in [2.05, 4.69) is 55.6 Å². The summed E-state index contributed by atoms with van der Waals surface area (Å²) in [5, 5.41) is 23.2. The SMILES string of the molecule is CCCCC/C=C\C/C=C\CCCCCCCC(=O)OCCCCCCCC/C=C\CCCCCC(=O)NC(CO)C(O)/C=C/CCCCCCCCCCCCCCCCCCCCCCCC. The molecule has 1 amide bonds. The molecule has 0 fully saturated rings. The van der Waals surface area contributed by atoms with Crippen molar-refractivity contribution in [3.63, 3.8) is 0 Å². The average molecular weight is 969 g/mol. The second-order valence-corrected chi connectivity index (χ2v) is 20.7. The normalized spacial score (nSPS) is 12.9. The smallest absolute Gasteiger partial charge is 0.305 e. The van der Waals surface area contributed by atoms with Gasteiger partial charge in [0.1, 0.15) is 0 Å². The molecule has 0 aliphatic rings. The summed E-state index contributed by atoms with van der Waals surface area (Å²) in [4.78, 5) is 24.5. The maximum absolute atomic E-state index is 12.5. The van der Waals surface area contributed by atoms with Crippen LogP contribution >= 0.6 is 0 Å². The van der Waals surface area contributed by atoms with Crippen molar-refractivity contribution in [2.24, 2.45) is 0 Å². The van der Waals surface area contributed by atoms with Crippen LogP contribution in [0, 0.1) is 0 Å². The number of carbonyl (C=O) groups excluding carboxylic acids is 2. The number of allylic oxidation sites excluding steroid dienone is 7. The molecular formula is C63H117NO5. The van der Waals surface area contributed by atoms with Crippen LogP contribution in [-0.2, 0) is 14.3 Å². The van der Waals surface area contributed by atoms with E-state index in [9.17, 15) is 19.8 Å². The van der Waals surface area contributed by atoms with Crippen molar-refractivity contribution < 1.29 is 24.5 Å². The van der Waals surface area contributed by atoms with Gasteiger partial charge in [-0.3, -0.25) is 9.59 Å². The van der Waals surface area contributed by atoms with Crippen LogP contribution < -0.4 is 5.32 Å². The van der Waals surface area contributed by atoms with Crippen LogP contribution in [0.3, 0.4) is 0 Å². The Morgan fingerprint density at radius 2 is 0.725 bits per heavy atom. The van der Waals surface area contributed by atoms with E-state index in [1.165, 1.54) is 205 Å². The molecule has 3 N–H and O–H groups in total. The summed E-state index contributed by atoms with van der Waals surface area (Å²) in [5.41, 5.74) is 0. The Bertz CT molecular complexity index is 1160. The number of esters is 1. The number of nitrogens with one attached hydrogen (secondary N) is 1. The molecule has 0 saturated carbocycles.